The molecule has 1 aromatic carbocycles. The normalized spacial score (nSPS) is 10.1. The first-order chi connectivity index (χ1) is 9.45. The fourth-order valence-corrected chi connectivity index (χ4v) is 1.93. The van der Waals surface area contributed by atoms with Crippen molar-refractivity contribution in [1.29, 1.82) is 0 Å². The third-order valence-electron chi connectivity index (χ3n) is 2.36. The molecule has 0 saturated heterocycles. The van der Waals surface area contributed by atoms with Gasteiger partial charge in [0.05, 0.1) is 4.92 Å². The fraction of sp³-hybridized carbons (Fsp3) is 0. The summed E-state index contributed by atoms with van der Waals surface area (Å²) in [6.07, 6.45) is 0. The van der Waals surface area contributed by atoms with Crippen LogP contribution in [0.3, 0.4) is 0 Å². The number of aromatic nitrogens is 1. The molecule has 0 fully saturated rings. The second kappa shape index (κ2) is 5.85. The molecule has 0 aliphatic heterocycles. The summed E-state index contributed by atoms with van der Waals surface area (Å²) in [5.41, 5.74) is 0.607. The Morgan fingerprint density at radius 2 is 1.70 bits per heavy atom. The van der Waals surface area contributed by atoms with Gasteiger partial charge in [-0.2, -0.15) is 0 Å². The number of hydrogen-bond donors (Lipinski definition) is 1. The number of benzene rings is 1. The van der Waals surface area contributed by atoms with Crippen molar-refractivity contribution in [3.8, 4) is 0 Å². The number of carbonyl (C=O) groups is 1. The number of halogens is 2. The number of pyridine rings is 1. The van der Waals surface area contributed by atoms with Crippen molar-refractivity contribution >= 4 is 40.5 Å². The van der Waals surface area contributed by atoms with Crippen molar-refractivity contribution in [1.82, 2.24) is 4.98 Å². The van der Waals surface area contributed by atoms with Gasteiger partial charge in [-0.05, 0) is 24.3 Å². The lowest BCUT2D eigenvalue weighted by Gasteiger charge is -2.05. The van der Waals surface area contributed by atoms with Gasteiger partial charge in [0.1, 0.15) is 10.3 Å². The average molecular weight is 312 g/mol. The van der Waals surface area contributed by atoms with Gasteiger partial charge in [0.25, 0.3) is 11.6 Å². The molecule has 6 nitrogen and oxygen atoms in total. The lowest BCUT2D eigenvalue weighted by molar-refractivity contribution is -0.384. The van der Waals surface area contributed by atoms with Crippen molar-refractivity contribution in [2.24, 2.45) is 0 Å². The van der Waals surface area contributed by atoms with Gasteiger partial charge in [-0.25, -0.2) is 4.98 Å². The Morgan fingerprint density at radius 3 is 2.20 bits per heavy atom. The lowest BCUT2D eigenvalue weighted by Crippen LogP contribution is -2.12. The highest BCUT2D eigenvalue weighted by Crippen LogP contribution is 2.18. The van der Waals surface area contributed by atoms with Crippen LogP contribution in [0.4, 0.5) is 11.4 Å². The van der Waals surface area contributed by atoms with Crippen LogP contribution in [0.2, 0.25) is 10.3 Å². The molecule has 20 heavy (non-hydrogen) atoms. The Morgan fingerprint density at radius 1 is 1.15 bits per heavy atom. The predicted molar refractivity (Wildman–Crippen MR) is 75.3 cm³/mol. The molecular weight excluding hydrogens is 305 g/mol. The largest absolute Gasteiger partial charge is 0.322 e. The van der Waals surface area contributed by atoms with Gasteiger partial charge in [0.2, 0.25) is 0 Å². The van der Waals surface area contributed by atoms with E-state index in [2.05, 4.69) is 10.3 Å². The first kappa shape index (κ1) is 14.2. The first-order valence-corrected chi connectivity index (χ1v) is 6.10. The predicted octanol–water partition coefficient (Wildman–Crippen LogP) is 3.55. The summed E-state index contributed by atoms with van der Waals surface area (Å²) in [6, 6.07) is 8.19. The van der Waals surface area contributed by atoms with Gasteiger partial charge in [-0.3, -0.25) is 14.9 Å². The zero-order chi connectivity index (χ0) is 14.7. The number of hydrogen-bond acceptors (Lipinski definition) is 4. The van der Waals surface area contributed by atoms with Gasteiger partial charge in [-0.15, -0.1) is 0 Å². The molecule has 102 valence electrons. The number of amides is 1. The summed E-state index contributed by atoms with van der Waals surface area (Å²) in [6.45, 7) is 0. The van der Waals surface area contributed by atoms with Crippen LogP contribution >= 0.6 is 23.2 Å². The van der Waals surface area contributed by atoms with E-state index in [1.807, 2.05) is 0 Å². The van der Waals surface area contributed by atoms with Gasteiger partial charge < -0.3 is 5.32 Å². The summed E-state index contributed by atoms with van der Waals surface area (Å²) in [5.74, 6) is -0.440. The number of nitro benzene ring substituents is 1. The highest BCUT2D eigenvalue weighted by molar-refractivity contribution is 6.33. The van der Waals surface area contributed by atoms with E-state index in [1.165, 1.54) is 36.4 Å². The van der Waals surface area contributed by atoms with Crippen LogP contribution in [0.1, 0.15) is 10.4 Å². The SMILES string of the molecule is O=C(Nc1ccc([N+](=O)[O-])cc1)c1cc(Cl)nc(Cl)c1. The highest BCUT2D eigenvalue weighted by atomic mass is 35.5. The molecule has 0 saturated carbocycles. The molecule has 0 radical (unpaired) electrons. The zero-order valence-corrected chi connectivity index (χ0v) is 11.4. The highest BCUT2D eigenvalue weighted by Gasteiger charge is 2.10. The second-order valence-electron chi connectivity index (χ2n) is 3.76. The summed E-state index contributed by atoms with van der Waals surface area (Å²) in [5, 5.41) is 13.3. The van der Waals surface area contributed by atoms with E-state index in [9.17, 15) is 14.9 Å². The molecule has 2 rings (SSSR count). The van der Waals surface area contributed by atoms with Crippen LogP contribution in [0.5, 0.6) is 0 Å². The smallest absolute Gasteiger partial charge is 0.269 e. The number of carbonyl (C=O) groups excluding carboxylic acids is 1. The van der Waals surface area contributed by atoms with E-state index in [0.717, 1.165) is 0 Å². The molecule has 0 aliphatic rings. The molecule has 1 aromatic heterocycles. The van der Waals surface area contributed by atoms with Gasteiger partial charge >= 0.3 is 0 Å². The molecule has 1 heterocycles. The first-order valence-electron chi connectivity index (χ1n) is 5.34. The molecular formula is C12H7Cl2N3O3. The van der Waals surface area contributed by atoms with Crippen molar-refractivity contribution in [3.05, 3.63) is 62.4 Å². The van der Waals surface area contributed by atoms with E-state index in [-0.39, 0.29) is 21.6 Å². The van der Waals surface area contributed by atoms with Crippen LogP contribution in [0.25, 0.3) is 0 Å². The van der Waals surface area contributed by atoms with Gasteiger partial charge in [0.15, 0.2) is 0 Å². The number of nitrogens with one attached hydrogen (secondary N) is 1. The second-order valence-corrected chi connectivity index (χ2v) is 4.53. The minimum absolute atomic E-state index is 0.0574. The third kappa shape index (κ3) is 3.43. The van der Waals surface area contributed by atoms with Crippen LogP contribution < -0.4 is 5.32 Å². The summed E-state index contributed by atoms with van der Waals surface area (Å²) < 4.78 is 0. The van der Waals surface area contributed by atoms with Crippen molar-refractivity contribution in [2.75, 3.05) is 5.32 Å². The van der Waals surface area contributed by atoms with E-state index in [0.29, 0.717) is 5.69 Å². The van der Waals surface area contributed by atoms with E-state index < -0.39 is 10.8 Å². The van der Waals surface area contributed by atoms with Crippen molar-refractivity contribution < 1.29 is 9.72 Å². The number of anilines is 1. The van der Waals surface area contributed by atoms with Gasteiger partial charge in [0, 0.05) is 23.4 Å². The summed E-state index contributed by atoms with van der Waals surface area (Å²) >= 11 is 11.4. The van der Waals surface area contributed by atoms with Crippen LogP contribution in [-0.4, -0.2) is 15.8 Å². The fourth-order valence-electron chi connectivity index (χ4n) is 1.47. The number of nitro groups is 1. The molecule has 1 N–H and O–H groups in total. The molecule has 0 aliphatic carbocycles. The summed E-state index contributed by atoms with van der Waals surface area (Å²) in [4.78, 5) is 25.7. The average Bonchev–Trinajstić information content (AvgIpc) is 2.38. The molecule has 0 spiro atoms. The Balaban J connectivity index is 2.16. The molecule has 0 bridgehead atoms. The van der Waals surface area contributed by atoms with Crippen LogP contribution in [0, 0.1) is 10.1 Å². The van der Waals surface area contributed by atoms with Gasteiger partial charge in [-0.1, -0.05) is 23.2 Å². The minimum Gasteiger partial charge on any atom is -0.322 e. The van der Waals surface area contributed by atoms with Crippen LogP contribution in [-0.2, 0) is 0 Å². The summed E-state index contributed by atoms with van der Waals surface area (Å²) in [7, 11) is 0. The standard InChI is InChI=1S/C12H7Cl2N3O3/c13-10-5-7(6-11(14)16-10)12(18)15-8-1-3-9(4-2-8)17(19)20/h1-6H,(H,15,18). The Hall–Kier alpha value is -2.18. The maximum atomic E-state index is 11.9. The lowest BCUT2D eigenvalue weighted by atomic mass is 10.2. The van der Waals surface area contributed by atoms with E-state index in [4.69, 9.17) is 23.2 Å². The Labute approximate surface area is 123 Å². The van der Waals surface area contributed by atoms with Crippen molar-refractivity contribution in [3.63, 3.8) is 0 Å². The number of nitrogens with zero attached hydrogens (tertiary/aromatic N) is 2. The van der Waals surface area contributed by atoms with Crippen LogP contribution in [0.15, 0.2) is 36.4 Å². The molecule has 8 heteroatoms. The van der Waals surface area contributed by atoms with E-state index >= 15 is 0 Å². The maximum Gasteiger partial charge on any atom is 0.269 e. The van der Waals surface area contributed by atoms with Crippen molar-refractivity contribution in [2.45, 2.75) is 0 Å². The number of rotatable bonds is 3. The molecule has 2 aromatic rings. The molecule has 0 unspecified atom stereocenters. The Bertz CT molecular complexity index is 654. The topological polar surface area (TPSA) is 85.1 Å². The maximum absolute atomic E-state index is 11.9. The van der Waals surface area contributed by atoms with E-state index in [1.54, 1.807) is 0 Å². The third-order valence-corrected chi connectivity index (χ3v) is 2.75. The number of non-ortho nitro benzene ring substituents is 1. The zero-order valence-electron chi connectivity index (χ0n) is 9.84. The Kier molecular flexibility index (Phi) is 4.16. The quantitative estimate of drug-likeness (QED) is 0.533. The monoisotopic (exact) mass is 311 g/mol. The minimum atomic E-state index is -0.520. The molecule has 0 atom stereocenters. The molecule has 1 amide bonds.